The zero-order valence-electron chi connectivity index (χ0n) is 15.5. The number of cyclic esters (lactones) is 1. The monoisotopic (exact) mass is 391 g/mol. The molecule has 142 valence electrons. The maximum absolute atomic E-state index is 12.5. The summed E-state index contributed by atoms with van der Waals surface area (Å²) in [5.41, 5.74) is 1.95. The van der Waals surface area contributed by atoms with Crippen molar-refractivity contribution in [2.75, 3.05) is 0 Å². The quantitative estimate of drug-likeness (QED) is 0.561. The Hall–Kier alpha value is -2.34. The van der Waals surface area contributed by atoms with Gasteiger partial charge in [0.1, 0.15) is 5.01 Å². The highest BCUT2D eigenvalue weighted by Gasteiger charge is 2.55. The van der Waals surface area contributed by atoms with Gasteiger partial charge in [-0.1, -0.05) is 6.07 Å². The van der Waals surface area contributed by atoms with Crippen LogP contribution in [0.3, 0.4) is 0 Å². The van der Waals surface area contributed by atoms with Gasteiger partial charge in [0.15, 0.2) is 5.70 Å². The fraction of sp³-hybridized carbons (Fsp3) is 0.455. The fourth-order valence-corrected chi connectivity index (χ4v) is 6.86. The van der Waals surface area contributed by atoms with Gasteiger partial charge in [0.05, 0.1) is 11.4 Å². The summed E-state index contributed by atoms with van der Waals surface area (Å²) >= 11 is 1.52. The van der Waals surface area contributed by atoms with Gasteiger partial charge >= 0.3 is 5.97 Å². The summed E-state index contributed by atoms with van der Waals surface area (Å²) in [7, 11) is 0. The summed E-state index contributed by atoms with van der Waals surface area (Å²) in [5.74, 6) is 2.72. The van der Waals surface area contributed by atoms with Crippen molar-refractivity contribution in [1.29, 1.82) is 0 Å². The maximum atomic E-state index is 12.5. The molecule has 6 heteroatoms. The van der Waals surface area contributed by atoms with Crippen LogP contribution < -0.4 is 0 Å². The first kappa shape index (κ1) is 16.6. The first-order valence-electron chi connectivity index (χ1n) is 10.1. The highest BCUT2D eigenvalue weighted by Crippen LogP contribution is 2.61. The van der Waals surface area contributed by atoms with Crippen molar-refractivity contribution >= 4 is 29.3 Å². The standard InChI is InChI=1S/C22H21N3O2S/c26-20-18(8-16-12-28-19(24-16)17-3-1-2-4-23-17)25-21(27-20)22-9-13-5-14(10-22)7-15(6-13)11-22/h1-4,8,12-15H,5-7,9-11H2/b18-8+. The van der Waals surface area contributed by atoms with E-state index in [4.69, 9.17) is 9.73 Å². The molecule has 0 aromatic carbocycles. The van der Waals surface area contributed by atoms with Crippen molar-refractivity contribution in [1.82, 2.24) is 9.97 Å². The Morgan fingerprint density at radius 1 is 1.11 bits per heavy atom. The molecule has 28 heavy (non-hydrogen) atoms. The lowest BCUT2D eigenvalue weighted by molar-refractivity contribution is -0.131. The lowest BCUT2D eigenvalue weighted by Gasteiger charge is -2.55. The van der Waals surface area contributed by atoms with Gasteiger partial charge < -0.3 is 4.74 Å². The summed E-state index contributed by atoms with van der Waals surface area (Å²) in [6.45, 7) is 0. The van der Waals surface area contributed by atoms with Crippen LogP contribution in [0.5, 0.6) is 0 Å². The summed E-state index contributed by atoms with van der Waals surface area (Å²) in [6, 6.07) is 5.76. The van der Waals surface area contributed by atoms with Crippen molar-refractivity contribution in [2.45, 2.75) is 38.5 Å². The lowest BCUT2D eigenvalue weighted by Crippen LogP contribution is -2.50. The van der Waals surface area contributed by atoms with Crippen LogP contribution in [0.2, 0.25) is 0 Å². The number of nitrogens with zero attached hydrogens (tertiary/aromatic N) is 3. The van der Waals surface area contributed by atoms with Gasteiger partial charge in [-0.05, 0) is 74.5 Å². The van der Waals surface area contributed by atoms with Crippen LogP contribution in [-0.2, 0) is 9.53 Å². The molecule has 2 aromatic heterocycles. The third-order valence-corrected chi connectivity index (χ3v) is 7.69. The van der Waals surface area contributed by atoms with E-state index in [1.807, 2.05) is 23.6 Å². The zero-order valence-corrected chi connectivity index (χ0v) is 16.3. The number of hydrogen-bond acceptors (Lipinski definition) is 6. The molecule has 4 bridgehead atoms. The average molecular weight is 391 g/mol. The fourth-order valence-electron chi connectivity index (χ4n) is 6.11. The molecular formula is C22H21N3O2S. The zero-order chi connectivity index (χ0) is 18.7. The van der Waals surface area contributed by atoms with E-state index in [-0.39, 0.29) is 11.4 Å². The molecule has 3 heterocycles. The SMILES string of the molecule is O=C1OC(C23CC4CC(CC(C4)C2)C3)=N/C1=C/c1csc(-c2ccccn2)n1. The molecule has 0 N–H and O–H groups in total. The van der Waals surface area contributed by atoms with E-state index in [9.17, 15) is 4.79 Å². The number of aromatic nitrogens is 2. The Balaban J connectivity index is 1.30. The highest BCUT2D eigenvalue weighted by molar-refractivity contribution is 7.13. The molecule has 0 atom stereocenters. The van der Waals surface area contributed by atoms with Gasteiger partial charge in [-0.3, -0.25) is 4.98 Å². The normalized spacial score (nSPS) is 34.7. The van der Waals surface area contributed by atoms with Gasteiger partial charge in [-0.15, -0.1) is 11.3 Å². The van der Waals surface area contributed by atoms with Crippen LogP contribution in [0.1, 0.15) is 44.2 Å². The van der Waals surface area contributed by atoms with Crippen LogP contribution in [0.15, 0.2) is 40.5 Å². The van der Waals surface area contributed by atoms with Crippen molar-refractivity contribution in [3.8, 4) is 10.7 Å². The second kappa shape index (κ2) is 6.08. The number of ether oxygens (including phenoxy) is 1. The number of pyridine rings is 1. The second-order valence-corrected chi connectivity index (χ2v) is 9.68. The Kier molecular flexibility index (Phi) is 3.60. The third-order valence-electron chi connectivity index (χ3n) is 6.80. The van der Waals surface area contributed by atoms with Crippen molar-refractivity contribution in [2.24, 2.45) is 28.2 Å². The van der Waals surface area contributed by atoms with Crippen LogP contribution in [0, 0.1) is 23.2 Å². The minimum absolute atomic E-state index is 0.00118. The smallest absolute Gasteiger partial charge is 0.363 e. The molecule has 7 rings (SSSR count). The molecule has 5 aliphatic rings. The number of carbonyl (C=O) groups is 1. The van der Waals surface area contributed by atoms with Crippen LogP contribution >= 0.6 is 11.3 Å². The molecule has 0 radical (unpaired) electrons. The van der Waals surface area contributed by atoms with Crippen LogP contribution in [0.4, 0.5) is 0 Å². The van der Waals surface area contributed by atoms with Crippen LogP contribution in [0.25, 0.3) is 16.8 Å². The van der Waals surface area contributed by atoms with E-state index in [0.29, 0.717) is 11.6 Å². The molecule has 4 fully saturated rings. The summed E-state index contributed by atoms with van der Waals surface area (Å²) in [5, 5.41) is 2.77. The molecule has 4 saturated carbocycles. The largest absolute Gasteiger partial charge is 0.406 e. The first-order valence-corrected chi connectivity index (χ1v) is 10.9. The van der Waals surface area contributed by atoms with Crippen molar-refractivity contribution in [3.05, 3.63) is 41.2 Å². The van der Waals surface area contributed by atoms with E-state index in [0.717, 1.165) is 53.4 Å². The van der Waals surface area contributed by atoms with Crippen molar-refractivity contribution < 1.29 is 9.53 Å². The molecular weight excluding hydrogens is 370 g/mol. The van der Waals surface area contributed by atoms with E-state index in [2.05, 4.69) is 9.97 Å². The lowest BCUT2D eigenvalue weighted by atomic mass is 9.49. The van der Waals surface area contributed by atoms with Gasteiger partial charge in [0.2, 0.25) is 5.90 Å². The summed E-state index contributed by atoms with van der Waals surface area (Å²) < 4.78 is 5.73. The molecule has 5 nitrogen and oxygen atoms in total. The minimum atomic E-state index is -0.335. The first-order chi connectivity index (χ1) is 13.7. The Labute approximate surface area is 167 Å². The topological polar surface area (TPSA) is 64.4 Å². The molecule has 0 saturated heterocycles. The predicted molar refractivity (Wildman–Crippen MR) is 107 cm³/mol. The van der Waals surface area contributed by atoms with Gasteiger partial charge in [0, 0.05) is 17.0 Å². The summed E-state index contributed by atoms with van der Waals surface area (Å²) in [6.07, 6.45) is 11.0. The summed E-state index contributed by atoms with van der Waals surface area (Å²) in [4.78, 5) is 26.1. The molecule has 1 aliphatic heterocycles. The Bertz CT molecular complexity index is 973. The van der Waals surface area contributed by atoms with Gasteiger partial charge in [-0.25, -0.2) is 14.8 Å². The second-order valence-electron chi connectivity index (χ2n) is 8.83. The molecule has 2 aromatic rings. The third kappa shape index (κ3) is 2.65. The number of hydrogen-bond donors (Lipinski definition) is 0. The number of thiazole rings is 1. The molecule has 0 unspecified atom stereocenters. The number of aliphatic imine (C=N–C) groups is 1. The molecule has 0 spiro atoms. The van der Waals surface area contributed by atoms with E-state index >= 15 is 0 Å². The van der Waals surface area contributed by atoms with E-state index < -0.39 is 0 Å². The Morgan fingerprint density at radius 3 is 2.54 bits per heavy atom. The van der Waals surface area contributed by atoms with Gasteiger partial charge in [0.25, 0.3) is 0 Å². The molecule has 4 aliphatic carbocycles. The minimum Gasteiger partial charge on any atom is -0.406 e. The number of esters is 1. The van der Waals surface area contributed by atoms with Crippen LogP contribution in [-0.4, -0.2) is 21.8 Å². The maximum Gasteiger partial charge on any atom is 0.363 e. The Morgan fingerprint density at radius 2 is 1.86 bits per heavy atom. The van der Waals surface area contributed by atoms with E-state index in [1.54, 1.807) is 12.3 Å². The van der Waals surface area contributed by atoms with Crippen molar-refractivity contribution in [3.63, 3.8) is 0 Å². The predicted octanol–water partition coefficient (Wildman–Crippen LogP) is 4.72. The van der Waals surface area contributed by atoms with E-state index in [1.165, 1.54) is 30.6 Å². The number of rotatable bonds is 3. The number of carbonyl (C=O) groups excluding carboxylic acids is 1. The highest BCUT2D eigenvalue weighted by atomic mass is 32.1. The average Bonchev–Trinajstić information content (AvgIpc) is 3.29. The molecule has 0 amide bonds. The van der Waals surface area contributed by atoms with Gasteiger partial charge in [-0.2, -0.15) is 0 Å².